The highest BCUT2D eigenvalue weighted by Gasteiger charge is 2.36. The van der Waals surface area contributed by atoms with Gasteiger partial charge in [0, 0.05) is 24.9 Å². The number of piperidine rings is 1. The van der Waals surface area contributed by atoms with E-state index in [9.17, 15) is 9.59 Å². The van der Waals surface area contributed by atoms with Gasteiger partial charge in [-0.3, -0.25) is 9.59 Å². The molecule has 2 amide bonds. The average molecular weight is 389 g/mol. The lowest BCUT2D eigenvalue weighted by atomic mass is 9.95. The van der Waals surface area contributed by atoms with Crippen molar-refractivity contribution >= 4 is 11.8 Å². The number of rotatable bonds is 8. The van der Waals surface area contributed by atoms with E-state index in [-0.39, 0.29) is 29.7 Å². The number of carbonyl (C=O) groups is 2. The predicted molar refractivity (Wildman–Crippen MR) is 107 cm³/mol. The first-order valence-corrected chi connectivity index (χ1v) is 10.5. The van der Waals surface area contributed by atoms with Crippen LogP contribution in [-0.2, 0) is 9.59 Å². The second kappa shape index (κ2) is 9.30. The van der Waals surface area contributed by atoms with Crippen molar-refractivity contribution in [3.8, 4) is 11.5 Å². The molecule has 1 aliphatic heterocycles. The lowest BCUT2D eigenvalue weighted by molar-refractivity contribution is -0.136. The molecule has 1 saturated heterocycles. The van der Waals surface area contributed by atoms with Gasteiger partial charge < -0.3 is 19.7 Å². The van der Waals surface area contributed by atoms with E-state index < -0.39 is 0 Å². The molecule has 6 nitrogen and oxygen atoms in total. The van der Waals surface area contributed by atoms with Gasteiger partial charge in [0.1, 0.15) is 0 Å². The van der Waals surface area contributed by atoms with E-state index >= 15 is 0 Å². The molecule has 0 bridgehead atoms. The second-order valence-electron chi connectivity index (χ2n) is 7.68. The van der Waals surface area contributed by atoms with E-state index in [4.69, 9.17) is 9.47 Å². The first-order valence-electron chi connectivity index (χ1n) is 10.5. The Balaban J connectivity index is 1.55. The fourth-order valence-corrected chi connectivity index (χ4v) is 3.70. The van der Waals surface area contributed by atoms with E-state index in [0.717, 1.165) is 37.0 Å². The molecule has 0 radical (unpaired) electrons. The molecule has 1 heterocycles. The average Bonchev–Trinajstić information content (AvgIpc) is 3.54. The molecule has 1 aromatic rings. The van der Waals surface area contributed by atoms with Crippen molar-refractivity contribution in [2.75, 3.05) is 26.3 Å². The number of nitrogens with zero attached hydrogens (tertiary/aromatic N) is 1. The van der Waals surface area contributed by atoms with Gasteiger partial charge in [0.25, 0.3) is 0 Å². The lowest BCUT2D eigenvalue weighted by Gasteiger charge is -2.32. The van der Waals surface area contributed by atoms with Gasteiger partial charge >= 0.3 is 0 Å². The summed E-state index contributed by atoms with van der Waals surface area (Å²) >= 11 is 0. The number of hydrogen-bond acceptors (Lipinski definition) is 4. The predicted octanol–water partition coefficient (Wildman–Crippen LogP) is 3.31. The highest BCUT2D eigenvalue weighted by Crippen LogP contribution is 2.33. The lowest BCUT2D eigenvalue weighted by Crippen LogP contribution is -2.44. The van der Waals surface area contributed by atoms with Crippen LogP contribution in [-0.4, -0.2) is 43.0 Å². The number of carbonyl (C=O) groups excluding carboxylic acids is 2. The fourth-order valence-electron chi connectivity index (χ4n) is 3.70. The Morgan fingerprint density at radius 1 is 1.04 bits per heavy atom. The maximum absolute atomic E-state index is 12.7. The maximum atomic E-state index is 12.7. The summed E-state index contributed by atoms with van der Waals surface area (Å²) in [7, 11) is 0. The summed E-state index contributed by atoms with van der Waals surface area (Å²) in [6.45, 7) is 8.38. The van der Waals surface area contributed by atoms with E-state index in [0.29, 0.717) is 32.1 Å². The molecule has 2 aliphatic rings. The molecule has 0 spiro atoms. The second-order valence-corrected chi connectivity index (χ2v) is 7.68. The number of hydrogen-bond donors (Lipinski definition) is 1. The third-order valence-corrected chi connectivity index (χ3v) is 5.53. The van der Waals surface area contributed by atoms with Crippen LogP contribution in [0.4, 0.5) is 0 Å². The molecule has 1 aromatic carbocycles. The van der Waals surface area contributed by atoms with Crippen molar-refractivity contribution in [1.82, 2.24) is 10.2 Å². The van der Waals surface area contributed by atoms with Gasteiger partial charge in [-0.1, -0.05) is 6.07 Å². The summed E-state index contributed by atoms with van der Waals surface area (Å²) < 4.78 is 11.3. The van der Waals surface area contributed by atoms with Gasteiger partial charge in [0.15, 0.2) is 11.5 Å². The Kier molecular flexibility index (Phi) is 6.81. The third-order valence-electron chi connectivity index (χ3n) is 5.53. The van der Waals surface area contributed by atoms with Crippen LogP contribution in [0.5, 0.6) is 11.5 Å². The molecule has 154 valence electrons. The van der Waals surface area contributed by atoms with Gasteiger partial charge in [-0.05, 0) is 64.2 Å². The smallest absolute Gasteiger partial charge is 0.225 e. The largest absolute Gasteiger partial charge is 0.490 e. The molecule has 28 heavy (non-hydrogen) atoms. The molecule has 2 fully saturated rings. The highest BCUT2D eigenvalue weighted by atomic mass is 16.5. The molecule has 1 N–H and O–H groups in total. The van der Waals surface area contributed by atoms with Crippen LogP contribution in [0.15, 0.2) is 18.2 Å². The van der Waals surface area contributed by atoms with E-state index in [1.165, 1.54) is 0 Å². The van der Waals surface area contributed by atoms with Crippen LogP contribution in [0.2, 0.25) is 0 Å². The van der Waals surface area contributed by atoms with Crippen molar-refractivity contribution in [1.29, 1.82) is 0 Å². The minimum Gasteiger partial charge on any atom is -0.490 e. The van der Waals surface area contributed by atoms with Crippen molar-refractivity contribution in [3.63, 3.8) is 0 Å². The zero-order valence-corrected chi connectivity index (χ0v) is 17.2. The minimum atomic E-state index is -0.117. The number of benzene rings is 1. The van der Waals surface area contributed by atoms with Crippen molar-refractivity contribution in [2.24, 2.45) is 11.8 Å². The van der Waals surface area contributed by atoms with Crippen molar-refractivity contribution < 1.29 is 19.1 Å². The molecule has 1 atom stereocenters. The Morgan fingerprint density at radius 2 is 1.68 bits per heavy atom. The van der Waals surface area contributed by atoms with E-state index in [2.05, 4.69) is 5.32 Å². The zero-order valence-electron chi connectivity index (χ0n) is 17.2. The van der Waals surface area contributed by atoms with Crippen molar-refractivity contribution in [2.45, 2.75) is 52.5 Å². The standard InChI is InChI=1S/C22H32N2O4/c1-4-27-19-9-8-18(14-20(19)28-5-2)15(3)23-21(25)16-10-12-24(13-11-16)22(26)17-6-7-17/h8-9,14-17H,4-7,10-13H2,1-3H3,(H,23,25). The maximum Gasteiger partial charge on any atom is 0.225 e. The number of amides is 2. The molecule has 3 rings (SSSR count). The van der Waals surface area contributed by atoms with E-state index in [1.54, 1.807) is 0 Å². The molecule has 6 heteroatoms. The van der Waals surface area contributed by atoms with E-state index in [1.807, 2.05) is 43.9 Å². The van der Waals surface area contributed by atoms with Crippen LogP contribution >= 0.6 is 0 Å². The zero-order chi connectivity index (χ0) is 20.1. The summed E-state index contributed by atoms with van der Waals surface area (Å²) in [6.07, 6.45) is 3.54. The fraction of sp³-hybridized carbons (Fsp3) is 0.636. The normalized spacial score (nSPS) is 18.5. The summed E-state index contributed by atoms with van der Waals surface area (Å²) in [6, 6.07) is 5.69. The molecular formula is C22H32N2O4. The number of ether oxygens (including phenoxy) is 2. The summed E-state index contributed by atoms with van der Waals surface area (Å²) in [5.41, 5.74) is 0.988. The molecular weight excluding hydrogens is 356 g/mol. The molecule has 0 aromatic heterocycles. The Morgan fingerprint density at radius 3 is 2.29 bits per heavy atom. The Labute approximate surface area is 167 Å². The number of likely N-dealkylation sites (tertiary alicyclic amines) is 1. The third kappa shape index (κ3) is 4.97. The first-order chi connectivity index (χ1) is 13.5. The summed E-state index contributed by atoms with van der Waals surface area (Å²) in [4.78, 5) is 26.8. The van der Waals surface area contributed by atoms with Crippen molar-refractivity contribution in [3.05, 3.63) is 23.8 Å². The van der Waals surface area contributed by atoms with Gasteiger partial charge in [0.2, 0.25) is 11.8 Å². The molecule has 1 unspecified atom stereocenters. The van der Waals surface area contributed by atoms with Crippen LogP contribution < -0.4 is 14.8 Å². The number of nitrogens with one attached hydrogen (secondary N) is 1. The summed E-state index contributed by atoms with van der Waals surface area (Å²) in [5, 5.41) is 3.13. The monoisotopic (exact) mass is 388 g/mol. The summed E-state index contributed by atoms with van der Waals surface area (Å²) in [5.74, 6) is 2.00. The van der Waals surface area contributed by atoms with Gasteiger partial charge in [-0.25, -0.2) is 0 Å². The SMILES string of the molecule is CCOc1ccc(C(C)NC(=O)C2CCN(C(=O)C3CC3)CC2)cc1OCC. The van der Waals surface area contributed by atoms with Crippen LogP contribution in [0.1, 0.15) is 58.1 Å². The van der Waals surface area contributed by atoms with Crippen LogP contribution in [0.3, 0.4) is 0 Å². The van der Waals surface area contributed by atoms with Crippen LogP contribution in [0, 0.1) is 11.8 Å². The van der Waals surface area contributed by atoms with Crippen LogP contribution in [0.25, 0.3) is 0 Å². The van der Waals surface area contributed by atoms with Gasteiger partial charge in [-0.2, -0.15) is 0 Å². The molecule has 1 aliphatic carbocycles. The highest BCUT2D eigenvalue weighted by molar-refractivity contribution is 5.82. The Hall–Kier alpha value is -2.24. The first kappa shape index (κ1) is 20.5. The minimum absolute atomic E-state index is 0.0280. The Bertz CT molecular complexity index is 694. The van der Waals surface area contributed by atoms with Gasteiger partial charge in [-0.15, -0.1) is 0 Å². The topological polar surface area (TPSA) is 67.9 Å². The van der Waals surface area contributed by atoms with Gasteiger partial charge in [0.05, 0.1) is 19.3 Å². The molecule has 1 saturated carbocycles. The quantitative estimate of drug-likeness (QED) is 0.742.